The van der Waals surface area contributed by atoms with Crippen molar-refractivity contribution in [1.82, 2.24) is 4.90 Å². The summed E-state index contributed by atoms with van der Waals surface area (Å²) in [5.41, 5.74) is 4.11. The largest absolute Gasteiger partial charge is 0.335 e. The van der Waals surface area contributed by atoms with Crippen molar-refractivity contribution in [3.63, 3.8) is 0 Å². The van der Waals surface area contributed by atoms with Crippen LogP contribution in [0.2, 0.25) is 0 Å². The fraction of sp³-hybridized carbons (Fsp3) is 0.611. The number of nitrogens with zero attached hydrogens (tertiary/aromatic N) is 1. The lowest BCUT2D eigenvalue weighted by Crippen LogP contribution is -2.43. The lowest BCUT2D eigenvalue weighted by molar-refractivity contribution is -0.134. The maximum absolute atomic E-state index is 12.5. The van der Waals surface area contributed by atoms with E-state index in [9.17, 15) is 4.79 Å². The minimum Gasteiger partial charge on any atom is -0.335 e. The molecule has 1 amide bonds. The second kappa shape index (κ2) is 4.91. The summed E-state index contributed by atoms with van der Waals surface area (Å²) < 4.78 is 0. The van der Waals surface area contributed by atoms with Crippen LogP contribution < -0.4 is 0 Å². The van der Waals surface area contributed by atoms with Crippen LogP contribution >= 0.6 is 0 Å². The molecule has 2 nitrogen and oxygen atoms in total. The van der Waals surface area contributed by atoms with Crippen LogP contribution in [-0.4, -0.2) is 16.8 Å². The van der Waals surface area contributed by atoms with E-state index in [2.05, 4.69) is 43.9 Å². The van der Waals surface area contributed by atoms with Gasteiger partial charge < -0.3 is 4.90 Å². The van der Waals surface area contributed by atoms with Crippen molar-refractivity contribution in [2.75, 3.05) is 0 Å². The number of carbonyl (C=O) groups excluding carboxylic acids is 1. The summed E-state index contributed by atoms with van der Waals surface area (Å²) in [6.45, 7) is 7.52. The minimum atomic E-state index is 0.112. The van der Waals surface area contributed by atoms with E-state index in [4.69, 9.17) is 0 Å². The van der Waals surface area contributed by atoms with E-state index in [0.29, 0.717) is 18.4 Å². The third kappa shape index (κ3) is 2.36. The van der Waals surface area contributed by atoms with Gasteiger partial charge in [-0.3, -0.25) is 4.79 Å². The van der Waals surface area contributed by atoms with E-state index in [1.807, 2.05) is 0 Å². The molecule has 1 aliphatic carbocycles. The first kappa shape index (κ1) is 13.7. The predicted molar refractivity (Wildman–Crippen MR) is 81.7 cm³/mol. The number of carbonyl (C=O) groups is 1. The Morgan fingerprint density at radius 2 is 1.85 bits per heavy atom. The average Bonchev–Trinajstić information content (AvgIpc) is 2.89. The van der Waals surface area contributed by atoms with Crippen molar-refractivity contribution in [2.24, 2.45) is 0 Å². The second-order valence-electron chi connectivity index (χ2n) is 7.33. The van der Waals surface area contributed by atoms with Crippen molar-refractivity contribution >= 4 is 5.91 Å². The molecule has 2 heteroatoms. The van der Waals surface area contributed by atoms with Gasteiger partial charge in [0.15, 0.2) is 0 Å². The van der Waals surface area contributed by atoms with Gasteiger partial charge in [0.2, 0.25) is 5.91 Å². The van der Waals surface area contributed by atoms with E-state index >= 15 is 0 Å². The van der Waals surface area contributed by atoms with Gasteiger partial charge in [0.05, 0.1) is 6.42 Å². The number of hydrogen-bond donors (Lipinski definition) is 0. The Hall–Kier alpha value is -1.31. The normalized spacial score (nSPS) is 20.4. The highest BCUT2D eigenvalue weighted by Gasteiger charge is 2.33. The Kier molecular flexibility index (Phi) is 3.35. The Balaban J connectivity index is 1.94. The predicted octanol–water partition coefficient (Wildman–Crippen LogP) is 3.81. The fourth-order valence-corrected chi connectivity index (χ4v) is 3.77. The van der Waals surface area contributed by atoms with Crippen LogP contribution in [0.4, 0.5) is 0 Å². The summed E-state index contributed by atoms with van der Waals surface area (Å²) in [7, 11) is 0. The standard InChI is InChI=1S/C18H25NO/c1-18(2,3)16-10-6-7-13-12-19(14-8-4-5-9-14)17(20)11-15(13)16/h6-7,10,14H,4-5,8-9,11-12H2,1-3H3. The molecule has 1 heterocycles. The number of benzene rings is 1. The molecule has 0 aromatic heterocycles. The van der Waals surface area contributed by atoms with Crippen LogP contribution in [0.3, 0.4) is 0 Å². The summed E-state index contributed by atoms with van der Waals surface area (Å²) in [5, 5.41) is 0. The SMILES string of the molecule is CC(C)(C)c1cccc2c1CC(=O)N(C1CCCC1)C2. The quantitative estimate of drug-likeness (QED) is 0.760. The first-order valence-corrected chi connectivity index (χ1v) is 7.87. The van der Waals surface area contributed by atoms with Gasteiger partial charge in [0.1, 0.15) is 0 Å². The molecule has 3 rings (SSSR count). The molecule has 0 bridgehead atoms. The van der Waals surface area contributed by atoms with Gasteiger partial charge >= 0.3 is 0 Å². The fourth-order valence-electron chi connectivity index (χ4n) is 3.77. The molecule has 0 spiro atoms. The third-order valence-electron chi connectivity index (χ3n) is 4.84. The van der Waals surface area contributed by atoms with Crippen molar-refractivity contribution < 1.29 is 4.79 Å². The zero-order valence-electron chi connectivity index (χ0n) is 12.9. The zero-order valence-corrected chi connectivity index (χ0v) is 12.9. The number of fused-ring (bicyclic) bond motifs is 1. The van der Waals surface area contributed by atoms with Gasteiger partial charge in [-0.25, -0.2) is 0 Å². The summed E-state index contributed by atoms with van der Waals surface area (Å²) in [4.78, 5) is 14.7. The minimum absolute atomic E-state index is 0.112. The van der Waals surface area contributed by atoms with Crippen molar-refractivity contribution in [2.45, 2.75) is 70.9 Å². The molecule has 0 N–H and O–H groups in total. The van der Waals surface area contributed by atoms with Crippen molar-refractivity contribution in [3.05, 3.63) is 34.9 Å². The van der Waals surface area contributed by atoms with Gasteiger partial charge in [-0.2, -0.15) is 0 Å². The smallest absolute Gasteiger partial charge is 0.227 e. The van der Waals surface area contributed by atoms with Crippen LogP contribution in [0.25, 0.3) is 0 Å². The number of amides is 1. The topological polar surface area (TPSA) is 20.3 Å². The van der Waals surface area contributed by atoms with E-state index in [1.165, 1.54) is 42.4 Å². The molecule has 0 unspecified atom stereocenters. The second-order valence-corrected chi connectivity index (χ2v) is 7.33. The summed E-state index contributed by atoms with van der Waals surface area (Å²) in [6.07, 6.45) is 5.55. The molecule has 0 atom stereocenters. The highest BCUT2D eigenvalue weighted by atomic mass is 16.2. The first-order chi connectivity index (χ1) is 9.47. The molecular formula is C18H25NO. The van der Waals surface area contributed by atoms with Gasteiger partial charge in [-0.1, -0.05) is 51.8 Å². The molecule has 0 saturated heterocycles. The lowest BCUT2D eigenvalue weighted by Gasteiger charge is -2.36. The van der Waals surface area contributed by atoms with E-state index in [-0.39, 0.29) is 5.41 Å². The Morgan fingerprint density at radius 1 is 1.15 bits per heavy atom. The Morgan fingerprint density at radius 3 is 2.50 bits per heavy atom. The summed E-state index contributed by atoms with van der Waals surface area (Å²) in [5.74, 6) is 0.334. The van der Waals surface area contributed by atoms with Gasteiger partial charge in [0.25, 0.3) is 0 Å². The van der Waals surface area contributed by atoms with Crippen LogP contribution in [0.15, 0.2) is 18.2 Å². The maximum atomic E-state index is 12.5. The van der Waals surface area contributed by atoms with Crippen LogP contribution in [0.5, 0.6) is 0 Å². The van der Waals surface area contributed by atoms with Crippen molar-refractivity contribution in [3.8, 4) is 0 Å². The molecule has 1 fully saturated rings. The molecule has 1 aromatic carbocycles. The lowest BCUT2D eigenvalue weighted by atomic mass is 9.80. The van der Waals surface area contributed by atoms with Crippen LogP contribution in [0.1, 0.15) is 63.1 Å². The molecule has 0 radical (unpaired) electrons. The van der Waals surface area contributed by atoms with E-state index in [0.717, 1.165) is 6.54 Å². The third-order valence-corrected chi connectivity index (χ3v) is 4.84. The van der Waals surface area contributed by atoms with Gasteiger partial charge in [-0.15, -0.1) is 0 Å². The highest BCUT2D eigenvalue weighted by Crippen LogP contribution is 2.34. The van der Waals surface area contributed by atoms with Crippen LogP contribution in [-0.2, 0) is 23.2 Å². The maximum Gasteiger partial charge on any atom is 0.227 e. The van der Waals surface area contributed by atoms with Gasteiger partial charge in [-0.05, 0) is 34.9 Å². The number of rotatable bonds is 1. The Labute approximate surface area is 122 Å². The van der Waals surface area contributed by atoms with Crippen LogP contribution in [0, 0.1) is 0 Å². The monoisotopic (exact) mass is 271 g/mol. The average molecular weight is 271 g/mol. The summed E-state index contributed by atoms with van der Waals surface area (Å²) >= 11 is 0. The van der Waals surface area contributed by atoms with Crippen molar-refractivity contribution in [1.29, 1.82) is 0 Å². The summed E-state index contributed by atoms with van der Waals surface area (Å²) in [6, 6.07) is 7.05. The first-order valence-electron chi connectivity index (χ1n) is 7.87. The molecule has 1 saturated carbocycles. The molecule has 108 valence electrons. The van der Waals surface area contributed by atoms with Gasteiger partial charge in [0, 0.05) is 12.6 Å². The number of hydrogen-bond acceptors (Lipinski definition) is 1. The van der Waals surface area contributed by atoms with E-state index < -0.39 is 0 Å². The molecule has 1 aliphatic heterocycles. The zero-order chi connectivity index (χ0) is 14.3. The molecule has 20 heavy (non-hydrogen) atoms. The highest BCUT2D eigenvalue weighted by molar-refractivity contribution is 5.82. The van der Waals surface area contributed by atoms with E-state index in [1.54, 1.807) is 0 Å². The Bertz CT molecular complexity index is 521. The molecule has 2 aliphatic rings. The molecule has 1 aromatic rings. The molecular weight excluding hydrogens is 246 g/mol.